The molecule has 0 unspecified atom stereocenters. The second-order valence-corrected chi connectivity index (χ2v) is 9.76. The van der Waals surface area contributed by atoms with Crippen molar-refractivity contribution < 1.29 is 45.5 Å². The minimum Gasteiger partial charge on any atom is -0.455 e. The van der Waals surface area contributed by atoms with Crippen LogP contribution >= 0.6 is 0 Å². The van der Waals surface area contributed by atoms with Gasteiger partial charge in [0, 0.05) is 22.1 Å². The van der Waals surface area contributed by atoms with Crippen LogP contribution in [0.5, 0.6) is 0 Å². The molecule has 9 rings (SSSR count). The van der Waals surface area contributed by atoms with Gasteiger partial charge in [-0.05, 0) is 73.1 Å². The van der Waals surface area contributed by atoms with Crippen molar-refractivity contribution in [2.75, 3.05) is 0 Å². The predicted molar refractivity (Wildman–Crippen MR) is 198 cm³/mol. The van der Waals surface area contributed by atoms with E-state index in [1.807, 2.05) is 0 Å². The van der Waals surface area contributed by atoms with Gasteiger partial charge in [0.1, 0.15) is 11.3 Å². The lowest BCUT2D eigenvalue weighted by Gasteiger charge is -2.18. The molecule has 220 valence electrons. The van der Waals surface area contributed by atoms with Crippen LogP contribution in [0.4, 0.5) is 0 Å². The highest BCUT2D eigenvalue weighted by Gasteiger charge is 2.24. The average Bonchev–Trinajstić information content (AvgIpc) is 3.99. The molecule has 0 saturated heterocycles. The Labute approximate surface area is 316 Å². The third-order valence-corrected chi connectivity index (χ3v) is 7.19. The molecule has 0 atom stereocenters. The van der Waals surface area contributed by atoms with E-state index in [0.29, 0.717) is 0 Å². The molecular formula is C46H30O. The molecule has 1 nitrogen and oxygen atoms in total. The van der Waals surface area contributed by atoms with E-state index in [2.05, 4.69) is 0 Å². The summed E-state index contributed by atoms with van der Waals surface area (Å²) in [5, 5.41) is -4.10. The first-order chi connectivity index (χ1) is 35.8. The Bertz CT molecular complexity index is 4100. The van der Waals surface area contributed by atoms with E-state index in [1.165, 1.54) is 0 Å². The lowest BCUT2D eigenvalue weighted by molar-refractivity contribution is 0.632. The summed E-state index contributed by atoms with van der Waals surface area (Å²) in [6.07, 6.45) is 0. The fourth-order valence-electron chi connectivity index (χ4n) is 5.28. The van der Waals surface area contributed by atoms with Gasteiger partial charge in [-0.3, -0.25) is 0 Å². The summed E-state index contributed by atoms with van der Waals surface area (Å²) < 4.78 is 275. The number of hydrogen-bond donors (Lipinski definition) is 0. The first-order valence-electron chi connectivity index (χ1n) is 28.7. The smallest absolute Gasteiger partial charge is 0.143 e. The molecule has 0 bridgehead atoms. The van der Waals surface area contributed by atoms with Crippen molar-refractivity contribution in [3.63, 3.8) is 0 Å². The summed E-state index contributed by atoms with van der Waals surface area (Å²) >= 11 is 0. The Balaban J connectivity index is 1.68. The van der Waals surface area contributed by atoms with Gasteiger partial charge in [-0.25, -0.2) is 0 Å². The van der Waals surface area contributed by atoms with Gasteiger partial charge < -0.3 is 4.42 Å². The van der Waals surface area contributed by atoms with Crippen LogP contribution in [0.15, 0.2) is 186 Å². The summed E-state index contributed by atoms with van der Waals surface area (Å²) in [6, 6.07) is -30.7. The van der Waals surface area contributed by atoms with E-state index in [1.54, 1.807) is 0 Å². The molecule has 0 radical (unpaired) electrons. The van der Waals surface area contributed by atoms with Crippen LogP contribution in [0, 0.1) is 0 Å². The molecule has 0 aliphatic carbocycles. The van der Waals surface area contributed by atoms with Crippen LogP contribution in [-0.4, -0.2) is 0 Å². The van der Waals surface area contributed by atoms with Gasteiger partial charge in [0.15, 0.2) is 0 Å². The van der Waals surface area contributed by atoms with Crippen LogP contribution in [0.2, 0.25) is 0 Å². The van der Waals surface area contributed by atoms with Crippen molar-refractivity contribution in [1.29, 1.82) is 0 Å². The van der Waals surface area contributed by atoms with Gasteiger partial charge in [-0.15, -0.1) is 0 Å². The van der Waals surface area contributed by atoms with Crippen molar-refractivity contribution in [2.24, 2.45) is 0 Å². The molecule has 0 aliphatic heterocycles. The average molecular weight is 629 g/mol. The minimum atomic E-state index is -1.14. The zero-order valence-electron chi connectivity index (χ0n) is 53.4. The van der Waals surface area contributed by atoms with Gasteiger partial charge in [0.2, 0.25) is 0 Å². The Morgan fingerprint density at radius 3 is 1.32 bits per heavy atom. The Hall–Kier alpha value is -6.18. The normalized spacial score (nSPS) is 20.3. The van der Waals surface area contributed by atoms with Gasteiger partial charge in [0.05, 0.1) is 41.1 Å². The van der Waals surface area contributed by atoms with E-state index in [-0.39, 0.29) is 0 Å². The van der Waals surface area contributed by atoms with Crippen molar-refractivity contribution in [1.82, 2.24) is 0 Å². The zero-order chi connectivity index (χ0) is 57.3. The number of furan rings is 1. The second kappa shape index (κ2) is 11.3. The Morgan fingerprint density at radius 2 is 0.745 bits per heavy atom. The molecule has 0 saturated carbocycles. The molecule has 0 aliphatic rings. The maximum atomic E-state index is 9.73. The van der Waals surface area contributed by atoms with Gasteiger partial charge in [0.25, 0.3) is 0 Å². The fourth-order valence-corrected chi connectivity index (χ4v) is 5.28. The first kappa shape index (κ1) is 10.4. The topological polar surface area (TPSA) is 13.1 Å². The molecule has 9 aromatic rings. The minimum absolute atomic E-state index is 0.765. The standard InChI is InChI=1S/C46H30O/c1-4-15-31(16-5-1)34-21-14-22-36(29-34)46-45(41-28-27-35(30-42(41)47-46)32-17-6-2-7-18-32)44-39-25-12-10-23-37(39)43(33-19-8-3-9-20-33)38-24-11-13-26-40(38)44/h1-30H/i1D,2D,3D,4D,5D,6D,7D,8D,9D,10D,11D,12D,13D,14D,15D,16D,17D,18D,19D,20D,21D,22D,23D,24D,25D,26D,27D,28D,29D,30D. The first-order valence-corrected chi connectivity index (χ1v) is 13.7. The summed E-state index contributed by atoms with van der Waals surface area (Å²) in [5.41, 5.74) is -8.63. The Morgan fingerprint density at radius 1 is 0.298 bits per heavy atom. The molecule has 8 aromatic carbocycles. The van der Waals surface area contributed by atoms with E-state index in [0.717, 1.165) is 0 Å². The third-order valence-electron chi connectivity index (χ3n) is 7.19. The van der Waals surface area contributed by atoms with Crippen molar-refractivity contribution in [3.8, 4) is 55.8 Å². The van der Waals surface area contributed by atoms with Crippen molar-refractivity contribution in [2.45, 2.75) is 0 Å². The van der Waals surface area contributed by atoms with Crippen LogP contribution in [0.3, 0.4) is 0 Å². The van der Waals surface area contributed by atoms with Crippen molar-refractivity contribution in [3.05, 3.63) is 181 Å². The maximum absolute atomic E-state index is 9.73. The summed E-state index contributed by atoms with van der Waals surface area (Å²) in [7, 11) is 0. The SMILES string of the molecule is [2H]c1c([2H])c([2H])c(-c2c([2H])c([2H])c([2H])c(-c3oc4c([2H])c(-c5c([2H])c([2H])c([2H])c([2H])c5[2H])c([2H])c([2H])c4c3-c3c4c([2H])c([2H])c([2H])c([2H])c4c(-c4c([2H])c([2H])c([2H])c([2H])c4[2H])c4c([2H])c([2H])c([2H])c([2H])c34)c2[2H])c([2H])c1[2H]. The quantitative estimate of drug-likeness (QED) is 0.173. The number of fused-ring (bicyclic) bond motifs is 3. The molecule has 1 heteroatoms. The summed E-state index contributed by atoms with van der Waals surface area (Å²) in [6.45, 7) is 0. The molecular weight excluding hydrogens is 569 g/mol. The van der Waals surface area contributed by atoms with Crippen LogP contribution in [0.1, 0.15) is 41.1 Å². The highest BCUT2D eigenvalue weighted by atomic mass is 16.3. The van der Waals surface area contributed by atoms with Gasteiger partial charge >= 0.3 is 0 Å². The molecule has 0 fully saturated rings. The van der Waals surface area contributed by atoms with Crippen molar-refractivity contribution >= 4 is 32.5 Å². The largest absolute Gasteiger partial charge is 0.455 e. The maximum Gasteiger partial charge on any atom is 0.143 e. The van der Waals surface area contributed by atoms with E-state index >= 15 is 0 Å². The predicted octanol–water partition coefficient (Wildman–Crippen LogP) is 13.1. The molecule has 47 heavy (non-hydrogen) atoms. The molecule has 0 spiro atoms. The monoisotopic (exact) mass is 628 g/mol. The zero-order valence-corrected chi connectivity index (χ0v) is 23.4. The fraction of sp³-hybridized carbons (Fsp3) is 0. The number of hydrogen-bond acceptors (Lipinski definition) is 1. The van der Waals surface area contributed by atoms with E-state index < -0.39 is 270 Å². The van der Waals surface area contributed by atoms with Crippen LogP contribution in [0.25, 0.3) is 88.3 Å². The molecule has 0 N–H and O–H groups in total. The van der Waals surface area contributed by atoms with E-state index in [9.17, 15) is 12.3 Å². The summed E-state index contributed by atoms with van der Waals surface area (Å²) in [5.74, 6) is -1.03. The van der Waals surface area contributed by atoms with E-state index in [4.69, 9.17) is 33.2 Å². The number of rotatable bonds is 5. The highest BCUT2D eigenvalue weighted by molar-refractivity contribution is 6.25. The molecule has 1 heterocycles. The van der Waals surface area contributed by atoms with Crippen LogP contribution < -0.4 is 0 Å². The van der Waals surface area contributed by atoms with Gasteiger partial charge in [-0.2, -0.15) is 0 Å². The molecule has 0 amide bonds. The lowest BCUT2D eigenvalue weighted by Crippen LogP contribution is -1.91. The summed E-state index contributed by atoms with van der Waals surface area (Å²) in [4.78, 5) is 0. The second-order valence-electron chi connectivity index (χ2n) is 9.76. The number of benzene rings is 8. The van der Waals surface area contributed by atoms with Crippen LogP contribution in [-0.2, 0) is 0 Å². The van der Waals surface area contributed by atoms with Gasteiger partial charge in [-0.1, -0.05) is 163 Å². The highest BCUT2D eigenvalue weighted by Crippen LogP contribution is 2.50. The lowest BCUT2D eigenvalue weighted by atomic mass is 9.84. The molecule has 1 aromatic heterocycles. The Kier molecular flexibility index (Phi) is 2.51. The third kappa shape index (κ3) is 4.64.